The molecular weight excluding hydrogens is 360 g/mol. The quantitative estimate of drug-likeness (QED) is 0.628. The zero-order valence-electron chi connectivity index (χ0n) is 11.3. The lowest BCUT2D eigenvalue weighted by atomic mass is 10.0. The number of thiocarbonyl (C=S) groups is 1. The predicted molar refractivity (Wildman–Crippen MR) is 87.6 cm³/mol. The highest BCUT2D eigenvalue weighted by Gasteiger charge is 2.32. The second-order valence-corrected chi connectivity index (χ2v) is 7.57. The van der Waals surface area contributed by atoms with Crippen molar-refractivity contribution in [3.8, 4) is 0 Å². The molecule has 1 aromatic heterocycles. The first-order chi connectivity index (χ1) is 9.38. The summed E-state index contributed by atoms with van der Waals surface area (Å²) in [5.41, 5.74) is 1.30. The number of hydrogen-bond donors (Lipinski definition) is 2. The molecule has 1 aliphatic rings. The predicted octanol–water partition coefficient (Wildman–Crippen LogP) is 3.26. The number of hydrogen-bond acceptors (Lipinski definition) is 4. The Morgan fingerprint density at radius 1 is 1.50 bits per heavy atom. The zero-order chi connectivity index (χ0) is 14.9. The van der Waals surface area contributed by atoms with Gasteiger partial charge in [0, 0.05) is 10.6 Å². The Morgan fingerprint density at radius 2 is 2.20 bits per heavy atom. The van der Waals surface area contributed by atoms with Crippen LogP contribution in [0.2, 0.25) is 0 Å². The fourth-order valence-electron chi connectivity index (χ4n) is 1.94. The lowest BCUT2D eigenvalue weighted by Gasteiger charge is -2.29. The molecule has 2 rings (SSSR count). The van der Waals surface area contributed by atoms with Crippen LogP contribution in [0.3, 0.4) is 0 Å². The maximum atomic E-state index is 12.3. The molecule has 1 aliphatic heterocycles. The van der Waals surface area contributed by atoms with E-state index in [-0.39, 0.29) is 18.1 Å². The van der Waals surface area contributed by atoms with Crippen LogP contribution in [-0.4, -0.2) is 17.2 Å². The third-order valence-electron chi connectivity index (χ3n) is 2.71. The summed E-state index contributed by atoms with van der Waals surface area (Å²) in [4.78, 5) is 13.3. The van der Waals surface area contributed by atoms with Crippen LogP contribution in [0.25, 0.3) is 0 Å². The highest BCUT2D eigenvalue weighted by molar-refractivity contribution is 9.11. The van der Waals surface area contributed by atoms with Gasteiger partial charge in [0.25, 0.3) is 0 Å². The number of esters is 1. The molecule has 0 saturated carbocycles. The fraction of sp³-hybridized carbons (Fsp3) is 0.385. The van der Waals surface area contributed by atoms with E-state index in [9.17, 15) is 4.79 Å². The molecule has 2 N–H and O–H groups in total. The normalized spacial score (nSPS) is 18.9. The van der Waals surface area contributed by atoms with E-state index in [2.05, 4.69) is 26.6 Å². The van der Waals surface area contributed by atoms with Gasteiger partial charge in [-0.3, -0.25) is 0 Å². The van der Waals surface area contributed by atoms with E-state index in [0.717, 1.165) is 14.4 Å². The third-order valence-corrected chi connectivity index (χ3v) is 4.62. The SMILES string of the molecule is CC1=C(C(=O)OC(C)C)[C@@H](c2ccc(Br)s2)NC(=S)N1. The van der Waals surface area contributed by atoms with Gasteiger partial charge in [0.05, 0.1) is 21.5 Å². The maximum absolute atomic E-state index is 12.3. The molecule has 0 bridgehead atoms. The van der Waals surface area contributed by atoms with Gasteiger partial charge in [-0.15, -0.1) is 11.3 Å². The first kappa shape index (κ1) is 15.5. The topological polar surface area (TPSA) is 50.4 Å². The Balaban J connectivity index is 2.39. The Kier molecular flexibility index (Phi) is 4.82. The minimum Gasteiger partial charge on any atom is -0.459 e. The Morgan fingerprint density at radius 3 is 2.75 bits per heavy atom. The summed E-state index contributed by atoms with van der Waals surface area (Å²) >= 11 is 10.2. The third kappa shape index (κ3) is 3.39. The standard InChI is InChI=1S/C13H15BrN2O2S2/c1-6(2)18-12(17)10-7(3)15-13(19)16-11(10)8-4-5-9(14)20-8/h4-6,11H,1-3H3,(H2,15,16,19)/t11-/m1/s1. The molecule has 0 saturated heterocycles. The molecule has 7 heteroatoms. The minimum absolute atomic E-state index is 0.160. The van der Waals surface area contributed by atoms with Crippen LogP contribution < -0.4 is 10.6 Å². The average molecular weight is 375 g/mol. The van der Waals surface area contributed by atoms with Gasteiger partial charge < -0.3 is 15.4 Å². The largest absolute Gasteiger partial charge is 0.459 e. The van der Waals surface area contributed by atoms with Crippen molar-refractivity contribution in [2.45, 2.75) is 32.9 Å². The number of nitrogens with one attached hydrogen (secondary N) is 2. The molecule has 0 spiro atoms. The molecule has 0 amide bonds. The van der Waals surface area contributed by atoms with E-state index in [1.807, 2.05) is 32.9 Å². The summed E-state index contributed by atoms with van der Waals surface area (Å²) in [6.45, 7) is 5.50. The van der Waals surface area contributed by atoms with Gasteiger partial charge in [-0.1, -0.05) is 0 Å². The van der Waals surface area contributed by atoms with Gasteiger partial charge in [-0.25, -0.2) is 4.79 Å². The summed E-state index contributed by atoms with van der Waals surface area (Å²) < 4.78 is 6.33. The van der Waals surface area contributed by atoms with E-state index in [0.29, 0.717) is 10.7 Å². The molecule has 1 aromatic rings. The van der Waals surface area contributed by atoms with Gasteiger partial charge in [0.2, 0.25) is 0 Å². The molecule has 0 radical (unpaired) electrons. The number of allylic oxidation sites excluding steroid dienone is 1. The first-order valence-corrected chi connectivity index (χ1v) is 8.14. The van der Waals surface area contributed by atoms with Gasteiger partial charge in [-0.2, -0.15) is 0 Å². The van der Waals surface area contributed by atoms with Crippen molar-refractivity contribution in [3.05, 3.63) is 32.1 Å². The Labute approximate surface area is 135 Å². The van der Waals surface area contributed by atoms with Gasteiger partial charge >= 0.3 is 5.97 Å². The second-order valence-electron chi connectivity index (χ2n) is 4.67. The number of carbonyl (C=O) groups excluding carboxylic acids is 1. The van der Waals surface area contributed by atoms with Crippen molar-refractivity contribution in [2.75, 3.05) is 0 Å². The molecule has 2 heterocycles. The summed E-state index contributed by atoms with van der Waals surface area (Å²) in [5.74, 6) is -0.325. The van der Waals surface area contributed by atoms with Crippen molar-refractivity contribution >= 4 is 50.6 Å². The molecule has 1 atom stereocenters. The number of carbonyl (C=O) groups is 1. The van der Waals surface area contributed by atoms with Crippen molar-refractivity contribution in [1.29, 1.82) is 0 Å². The number of rotatable bonds is 3. The van der Waals surface area contributed by atoms with Gasteiger partial charge in [-0.05, 0) is 61.1 Å². The molecular formula is C13H15BrN2O2S2. The highest BCUT2D eigenvalue weighted by atomic mass is 79.9. The van der Waals surface area contributed by atoms with Crippen molar-refractivity contribution in [1.82, 2.24) is 10.6 Å². The van der Waals surface area contributed by atoms with Crippen molar-refractivity contribution in [2.24, 2.45) is 0 Å². The molecule has 4 nitrogen and oxygen atoms in total. The average Bonchev–Trinajstić information content (AvgIpc) is 2.73. The molecule has 0 aliphatic carbocycles. The van der Waals surface area contributed by atoms with E-state index < -0.39 is 0 Å². The van der Waals surface area contributed by atoms with E-state index in [4.69, 9.17) is 17.0 Å². The zero-order valence-corrected chi connectivity index (χ0v) is 14.5. The molecule has 0 unspecified atom stereocenters. The van der Waals surface area contributed by atoms with Crippen LogP contribution in [-0.2, 0) is 9.53 Å². The fourth-order valence-corrected chi connectivity index (χ4v) is 3.69. The van der Waals surface area contributed by atoms with Gasteiger partial charge in [0.1, 0.15) is 0 Å². The Hall–Kier alpha value is -0.920. The lowest BCUT2D eigenvalue weighted by molar-refractivity contribution is -0.143. The summed E-state index contributed by atoms with van der Waals surface area (Å²) in [6, 6.07) is 3.65. The summed E-state index contributed by atoms with van der Waals surface area (Å²) in [6.07, 6.45) is -0.160. The molecule has 108 valence electrons. The Bertz CT molecular complexity index is 581. The minimum atomic E-state index is -0.325. The van der Waals surface area contributed by atoms with Crippen LogP contribution in [0.1, 0.15) is 31.7 Å². The number of thiophene rings is 1. The second kappa shape index (κ2) is 6.24. The monoisotopic (exact) mass is 374 g/mol. The van der Waals surface area contributed by atoms with Crippen LogP contribution in [0.5, 0.6) is 0 Å². The van der Waals surface area contributed by atoms with Crippen molar-refractivity contribution < 1.29 is 9.53 Å². The highest BCUT2D eigenvalue weighted by Crippen LogP contribution is 2.34. The van der Waals surface area contributed by atoms with Crippen LogP contribution in [0.4, 0.5) is 0 Å². The van der Waals surface area contributed by atoms with E-state index in [1.165, 1.54) is 0 Å². The molecule has 0 aromatic carbocycles. The lowest BCUT2D eigenvalue weighted by Crippen LogP contribution is -2.45. The van der Waals surface area contributed by atoms with Crippen LogP contribution in [0.15, 0.2) is 27.2 Å². The summed E-state index contributed by atoms with van der Waals surface area (Å²) in [5, 5.41) is 6.63. The smallest absolute Gasteiger partial charge is 0.338 e. The van der Waals surface area contributed by atoms with Gasteiger partial charge in [0.15, 0.2) is 5.11 Å². The maximum Gasteiger partial charge on any atom is 0.338 e. The van der Waals surface area contributed by atoms with Crippen LogP contribution in [0, 0.1) is 0 Å². The number of ether oxygens (including phenoxy) is 1. The van der Waals surface area contributed by atoms with E-state index in [1.54, 1.807) is 11.3 Å². The number of halogens is 1. The van der Waals surface area contributed by atoms with Crippen LogP contribution >= 0.6 is 39.5 Å². The molecule has 20 heavy (non-hydrogen) atoms. The first-order valence-electron chi connectivity index (χ1n) is 6.13. The van der Waals surface area contributed by atoms with E-state index >= 15 is 0 Å². The summed E-state index contributed by atoms with van der Waals surface area (Å²) in [7, 11) is 0. The van der Waals surface area contributed by atoms with Crippen molar-refractivity contribution in [3.63, 3.8) is 0 Å². The molecule has 0 fully saturated rings.